The van der Waals surface area contributed by atoms with E-state index in [1.54, 1.807) is 6.08 Å². The Hall–Kier alpha value is -4.71. The van der Waals surface area contributed by atoms with Crippen LogP contribution in [-0.4, -0.2) is 22.8 Å². The van der Waals surface area contributed by atoms with Crippen molar-refractivity contribution in [3.05, 3.63) is 86.7 Å². The summed E-state index contributed by atoms with van der Waals surface area (Å²) in [7, 11) is 0. The summed E-state index contributed by atoms with van der Waals surface area (Å²) < 4.78 is 23.8. The number of rotatable bonds is 6. The van der Waals surface area contributed by atoms with E-state index in [9.17, 15) is 10.1 Å². The number of nitriles is 1. The summed E-state index contributed by atoms with van der Waals surface area (Å²) in [6, 6.07) is 16.7. The maximum absolute atomic E-state index is 12.9. The largest absolute Gasteiger partial charge is 0.494 e. The lowest BCUT2D eigenvalue weighted by molar-refractivity contribution is 0.340. The molecule has 1 aliphatic rings. The van der Waals surface area contributed by atoms with Gasteiger partial charge < -0.3 is 24.0 Å². The van der Waals surface area contributed by atoms with Crippen molar-refractivity contribution in [2.24, 2.45) is 0 Å². The molecule has 0 spiro atoms. The van der Waals surface area contributed by atoms with Crippen molar-refractivity contribution in [2.75, 3.05) is 18.9 Å². The molecular weight excluding hydrogens is 448 g/mol. The molecule has 2 aromatic heterocycles. The molecule has 35 heavy (non-hydrogen) atoms. The van der Waals surface area contributed by atoms with Crippen LogP contribution in [-0.2, 0) is 0 Å². The first-order chi connectivity index (χ1) is 17.0. The van der Waals surface area contributed by atoms with Crippen molar-refractivity contribution in [2.45, 2.75) is 19.8 Å². The van der Waals surface area contributed by atoms with E-state index in [0.29, 0.717) is 24.7 Å². The topological polar surface area (TPSA) is 129 Å². The number of nitrogens with zero attached hydrogens (tertiary/aromatic N) is 3. The monoisotopic (exact) mass is 470 g/mol. The van der Waals surface area contributed by atoms with E-state index >= 15 is 0 Å². The van der Waals surface area contributed by atoms with Gasteiger partial charge in [-0.3, -0.25) is 0 Å². The average Bonchev–Trinajstić information content (AvgIpc) is 3.39. The smallest absolute Gasteiger partial charge is 0.362 e. The first kappa shape index (κ1) is 22.1. The lowest BCUT2D eigenvalue weighted by Crippen LogP contribution is -2.35. The zero-order valence-electron chi connectivity index (χ0n) is 19.1. The molecule has 0 fully saturated rings. The van der Waals surface area contributed by atoms with Crippen LogP contribution in [0.3, 0.4) is 0 Å². The molecule has 1 atom stereocenters. The predicted octanol–water partition coefficient (Wildman–Crippen LogP) is 2.45. The van der Waals surface area contributed by atoms with E-state index in [0.717, 1.165) is 16.9 Å². The van der Waals surface area contributed by atoms with Crippen LogP contribution in [0.4, 0.5) is 6.01 Å². The number of anilines is 1. The van der Waals surface area contributed by atoms with Crippen molar-refractivity contribution in [3.63, 3.8) is 0 Å². The van der Waals surface area contributed by atoms with Gasteiger partial charge >= 0.3 is 5.63 Å². The highest BCUT2D eigenvalue weighted by molar-refractivity contribution is 5.73. The molecule has 1 aliphatic heterocycles. The molecular formula is C26H22N4O5. The van der Waals surface area contributed by atoms with E-state index in [1.807, 2.05) is 62.4 Å². The van der Waals surface area contributed by atoms with E-state index in [2.05, 4.69) is 11.1 Å². The van der Waals surface area contributed by atoms with Gasteiger partial charge in [0.25, 0.3) is 6.01 Å². The Labute approximate surface area is 199 Å². The second-order valence-electron chi connectivity index (χ2n) is 7.76. The second kappa shape index (κ2) is 8.91. The summed E-state index contributed by atoms with van der Waals surface area (Å²) in [4.78, 5) is 17.3. The average molecular weight is 470 g/mol. The van der Waals surface area contributed by atoms with Crippen LogP contribution >= 0.6 is 0 Å². The van der Waals surface area contributed by atoms with Gasteiger partial charge in [-0.15, -0.1) is 0 Å². The number of benzene rings is 2. The molecule has 0 aliphatic carbocycles. The molecule has 2 aromatic carbocycles. The Morgan fingerprint density at radius 2 is 1.69 bits per heavy atom. The summed E-state index contributed by atoms with van der Waals surface area (Å²) >= 11 is 0. The number of hydrogen-bond donors (Lipinski definition) is 1. The van der Waals surface area contributed by atoms with Gasteiger partial charge in [0.2, 0.25) is 11.4 Å². The first-order valence-corrected chi connectivity index (χ1v) is 11.1. The molecule has 2 N–H and O–H groups in total. The lowest BCUT2D eigenvalue weighted by atomic mass is 9.87. The fourth-order valence-corrected chi connectivity index (χ4v) is 4.18. The van der Waals surface area contributed by atoms with Crippen molar-refractivity contribution in [3.8, 4) is 23.5 Å². The number of nitrogen functional groups attached to an aromatic ring is 1. The molecule has 3 heterocycles. The summed E-state index contributed by atoms with van der Waals surface area (Å²) in [6.07, 6.45) is 1.65. The normalized spacial score (nSPS) is 14.8. The van der Waals surface area contributed by atoms with Crippen molar-refractivity contribution in [1.29, 1.82) is 5.26 Å². The van der Waals surface area contributed by atoms with Crippen molar-refractivity contribution in [1.82, 2.24) is 9.55 Å². The van der Waals surface area contributed by atoms with E-state index < -0.39 is 11.5 Å². The van der Waals surface area contributed by atoms with E-state index in [1.165, 1.54) is 4.57 Å². The van der Waals surface area contributed by atoms with Gasteiger partial charge in [-0.2, -0.15) is 10.2 Å². The molecule has 0 unspecified atom stereocenters. The van der Waals surface area contributed by atoms with Crippen LogP contribution < -0.4 is 31.7 Å². The molecule has 9 nitrogen and oxygen atoms in total. The van der Waals surface area contributed by atoms with Crippen LogP contribution in [0.25, 0.3) is 17.5 Å². The molecule has 0 saturated carbocycles. The minimum atomic E-state index is -0.629. The van der Waals surface area contributed by atoms with Crippen LogP contribution in [0.15, 0.2) is 62.2 Å². The highest BCUT2D eigenvalue weighted by Gasteiger charge is 2.36. The second-order valence-corrected chi connectivity index (χ2v) is 7.76. The quantitative estimate of drug-likeness (QED) is 0.455. The minimum absolute atomic E-state index is 0.0794. The van der Waals surface area contributed by atoms with Gasteiger partial charge in [-0.1, -0.05) is 24.3 Å². The third-order valence-corrected chi connectivity index (χ3v) is 5.63. The number of hydrogen-bond acceptors (Lipinski definition) is 8. The Bertz CT molecular complexity index is 1600. The third-order valence-electron chi connectivity index (χ3n) is 5.63. The van der Waals surface area contributed by atoms with Crippen LogP contribution in [0.5, 0.6) is 11.5 Å². The van der Waals surface area contributed by atoms with Gasteiger partial charge in [0, 0.05) is 0 Å². The van der Waals surface area contributed by atoms with Gasteiger partial charge in [-0.05, 0) is 55.3 Å². The van der Waals surface area contributed by atoms with E-state index in [4.69, 9.17) is 24.0 Å². The summed E-state index contributed by atoms with van der Waals surface area (Å²) in [5.74, 6) is 1.03. The molecule has 0 bridgehead atoms. The van der Waals surface area contributed by atoms with Gasteiger partial charge in [-0.25, -0.2) is 9.36 Å². The minimum Gasteiger partial charge on any atom is -0.494 e. The molecule has 0 radical (unpaired) electrons. The predicted molar refractivity (Wildman–Crippen MR) is 128 cm³/mol. The Morgan fingerprint density at radius 1 is 1.06 bits per heavy atom. The molecule has 0 saturated heterocycles. The molecule has 0 amide bonds. The maximum Gasteiger partial charge on any atom is 0.362 e. The Morgan fingerprint density at radius 3 is 2.29 bits per heavy atom. The fraction of sp³-hybridized carbons (Fsp3) is 0.192. The third kappa shape index (κ3) is 3.85. The molecule has 4 aromatic rings. The molecule has 5 rings (SSSR count). The Kier molecular flexibility index (Phi) is 5.63. The lowest BCUT2D eigenvalue weighted by Gasteiger charge is -2.19. The SMILES string of the molecule is CCOc1ccc(/C=c2\c(=O)oc3n2-c2oc(N)nc2[C@H](c2ccc(OCC)cc2)C=3C#N)cc1. The summed E-state index contributed by atoms with van der Waals surface area (Å²) in [5, 5.41) is 10.3. The van der Waals surface area contributed by atoms with Crippen LogP contribution in [0.1, 0.15) is 36.6 Å². The summed E-state index contributed by atoms with van der Waals surface area (Å²) in [6.45, 7) is 4.90. The van der Waals surface area contributed by atoms with Crippen LogP contribution in [0.2, 0.25) is 0 Å². The standard InChI is InChI=1S/C26H22N4O5/c1-3-32-17-9-5-15(6-10-17)13-20-25(31)34-23-19(14-27)21(16-7-11-18(12-8-16)33-4-2)22-24(30(20)23)35-26(28)29-22/h5-13,21H,3-4H2,1-2H3,(H2,28,29)/b20-13+/t21-/m1/s1. The summed E-state index contributed by atoms with van der Waals surface area (Å²) in [5.41, 5.74) is 7.52. The fourth-order valence-electron chi connectivity index (χ4n) is 4.18. The van der Waals surface area contributed by atoms with Gasteiger partial charge in [0.15, 0.2) is 0 Å². The van der Waals surface area contributed by atoms with Crippen molar-refractivity contribution < 1.29 is 18.3 Å². The molecule has 176 valence electrons. The number of oxazole rings is 2. The first-order valence-electron chi connectivity index (χ1n) is 11.1. The number of fused-ring (bicyclic) bond motifs is 3. The highest BCUT2D eigenvalue weighted by atomic mass is 16.5. The Balaban J connectivity index is 1.73. The maximum atomic E-state index is 12.9. The zero-order chi connectivity index (χ0) is 24.5. The van der Waals surface area contributed by atoms with Gasteiger partial charge in [0.1, 0.15) is 34.2 Å². The van der Waals surface area contributed by atoms with Gasteiger partial charge in [0.05, 0.1) is 19.1 Å². The molecule has 9 heteroatoms. The number of nitrogens with two attached hydrogens (primary N) is 1. The van der Waals surface area contributed by atoms with E-state index in [-0.39, 0.29) is 28.4 Å². The number of aromatic nitrogens is 2. The van der Waals surface area contributed by atoms with Crippen LogP contribution in [0, 0.1) is 11.3 Å². The zero-order valence-corrected chi connectivity index (χ0v) is 19.1. The number of ether oxygens (including phenoxy) is 2. The van der Waals surface area contributed by atoms with Crippen molar-refractivity contribution >= 4 is 17.7 Å². The highest BCUT2D eigenvalue weighted by Crippen LogP contribution is 2.38.